The number of hydrogen-bond acceptors (Lipinski definition) is 12. The van der Waals surface area contributed by atoms with Gasteiger partial charge >= 0.3 is 24.1 Å². The Hall–Kier alpha value is -4.79. The Bertz CT molecular complexity index is 1990. The van der Waals surface area contributed by atoms with Crippen molar-refractivity contribution in [1.29, 1.82) is 0 Å². The third kappa shape index (κ3) is 7.91. The van der Waals surface area contributed by atoms with Gasteiger partial charge in [0.25, 0.3) is 0 Å². The number of esters is 2. The highest BCUT2D eigenvalue weighted by atomic mass is 32.2. The Morgan fingerprint density at radius 3 is 1.37 bits per heavy atom. The summed E-state index contributed by atoms with van der Waals surface area (Å²) < 4.78 is 49.7. The van der Waals surface area contributed by atoms with Gasteiger partial charge in [-0.25, -0.2) is 27.6 Å². The quantitative estimate of drug-likeness (QED) is 0.141. The van der Waals surface area contributed by atoms with Crippen LogP contribution < -0.4 is 0 Å². The maximum Gasteiger partial charge on any atom is 0.411 e. The average molecular weight is 807 g/mol. The number of fused-ring (bicyclic) bond motifs is 5. The normalized spacial score (nSPS) is 25.6. The van der Waals surface area contributed by atoms with Crippen LogP contribution in [-0.2, 0) is 38.4 Å². The van der Waals surface area contributed by atoms with E-state index >= 15 is 0 Å². The summed E-state index contributed by atoms with van der Waals surface area (Å²) in [5.74, 6) is -2.44. The summed E-state index contributed by atoms with van der Waals surface area (Å²) in [5, 5.41) is 0. The third-order valence-corrected chi connectivity index (χ3v) is 13.4. The summed E-state index contributed by atoms with van der Waals surface area (Å²) in [6.45, 7) is 9.16. The topological polar surface area (TPSA) is 180 Å². The second-order valence-electron chi connectivity index (χ2n) is 17.8. The predicted octanol–water partition coefficient (Wildman–Crippen LogP) is 6.31. The van der Waals surface area contributed by atoms with E-state index in [4.69, 9.17) is 18.9 Å². The number of rotatable bonds is 8. The lowest BCUT2D eigenvalue weighted by Gasteiger charge is -2.31. The zero-order chi connectivity index (χ0) is 41.2. The standard InChI is InChI=1S/C42H50N2O12S/c1-41(2,3)55-39(49)43-29-11-7-9-23(29)17-31(43)37(47)53-21-33(45)25-13-15-27-28-16-14-26(20-36(28)57(51,52)35(27)19-25)34(46)22-54-38(48)32-18-24-10-8-12-30(24)44(32)40(50)56-42(4,5)6/h13-16,19-20,23-24,29-32H,7-12,17-18,21-22H2,1-6H3/t23-,24+,29-,30+,31-,32-/m0/s1. The van der Waals surface area contributed by atoms with Gasteiger partial charge in [-0.15, -0.1) is 0 Å². The van der Waals surface area contributed by atoms with Crippen molar-refractivity contribution < 1.29 is 56.1 Å². The predicted molar refractivity (Wildman–Crippen MR) is 203 cm³/mol. The van der Waals surface area contributed by atoms with Crippen molar-refractivity contribution in [2.75, 3.05) is 13.2 Å². The van der Waals surface area contributed by atoms with Crippen LogP contribution in [0.15, 0.2) is 46.2 Å². The molecule has 5 aliphatic rings. The van der Waals surface area contributed by atoms with Crippen LogP contribution in [0.4, 0.5) is 9.59 Å². The fourth-order valence-electron chi connectivity index (χ4n) is 9.19. The van der Waals surface area contributed by atoms with Crippen molar-refractivity contribution in [1.82, 2.24) is 9.80 Å². The van der Waals surface area contributed by atoms with E-state index in [-0.39, 0.29) is 44.8 Å². The molecule has 2 amide bonds. The highest BCUT2D eigenvalue weighted by molar-refractivity contribution is 7.92. The molecule has 0 radical (unpaired) electrons. The molecule has 2 saturated carbocycles. The van der Waals surface area contributed by atoms with Gasteiger partial charge < -0.3 is 18.9 Å². The van der Waals surface area contributed by atoms with Crippen LogP contribution in [0.1, 0.15) is 114 Å². The molecule has 0 N–H and O–H groups in total. The van der Waals surface area contributed by atoms with Crippen LogP contribution in [0.2, 0.25) is 0 Å². The lowest BCUT2D eigenvalue weighted by Crippen LogP contribution is -2.47. The molecule has 14 nitrogen and oxygen atoms in total. The van der Waals surface area contributed by atoms with Gasteiger partial charge in [-0.1, -0.05) is 37.1 Å². The summed E-state index contributed by atoms with van der Waals surface area (Å²) in [4.78, 5) is 82.1. The van der Waals surface area contributed by atoms with E-state index in [2.05, 4.69) is 0 Å². The summed E-state index contributed by atoms with van der Waals surface area (Å²) in [6.07, 6.45) is 4.74. The number of Topliss-reactive ketones (excluding diaryl/α,β-unsaturated/α-hetero) is 2. The summed E-state index contributed by atoms with van der Waals surface area (Å²) in [5.41, 5.74) is -0.845. The van der Waals surface area contributed by atoms with Crippen LogP contribution in [0.25, 0.3) is 11.1 Å². The number of amides is 2. The number of ketones is 2. The molecule has 7 rings (SSSR count). The summed E-state index contributed by atoms with van der Waals surface area (Å²) >= 11 is 0. The Kier molecular flexibility index (Phi) is 10.5. The Morgan fingerprint density at radius 1 is 0.614 bits per heavy atom. The van der Waals surface area contributed by atoms with Gasteiger partial charge in [-0.05, 0) is 104 Å². The molecular weight excluding hydrogens is 757 g/mol. The molecule has 0 aromatic heterocycles. The average Bonchev–Trinajstić information content (AvgIpc) is 3.94. The molecule has 0 unspecified atom stereocenters. The number of likely N-dealkylation sites (tertiary alicyclic amines) is 2. The van der Waals surface area contributed by atoms with Gasteiger partial charge in [0.2, 0.25) is 9.84 Å². The van der Waals surface area contributed by atoms with E-state index < -0.39 is 82.0 Å². The minimum atomic E-state index is -4.18. The van der Waals surface area contributed by atoms with E-state index in [9.17, 15) is 37.2 Å². The number of benzene rings is 2. The van der Waals surface area contributed by atoms with Crippen molar-refractivity contribution in [2.24, 2.45) is 11.8 Å². The third-order valence-electron chi connectivity index (χ3n) is 11.6. The summed E-state index contributed by atoms with van der Waals surface area (Å²) in [7, 11) is -4.18. The molecule has 2 aromatic rings. The molecule has 6 atom stereocenters. The van der Waals surface area contributed by atoms with Crippen LogP contribution in [0.3, 0.4) is 0 Å². The lowest BCUT2D eigenvalue weighted by molar-refractivity contribution is -0.148. The first-order chi connectivity index (χ1) is 26.7. The monoisotopic (exact) mass is 806 g/mol. The van der Waals surface area contributed by atoms with Crippen molar-refractivity contribution in [3.8, 4) is 11.1 Å². The maximum atomic E-state index is 13.8. The molecule has 0 spiro atoms. The second kappa shape index (κ2) is 14.9. The number of sulfone groups is 1. The van der Waals surface area contributed by atoms with E-state index in [1.165, 1.54) is 46.2 Å². The first-order valence-electron chi connectivity index (χ1n) is 19.7. The molecule has 2 aromatic carbocycles. The van der Waals surface area contributed by atoms with Crippen LogP contribution >= 0.6 is 0 Å². The first-order valence-corrected chi connectivity index (χ1v) is 21.2. The number of nitrogens with zero attached hydrogens (tertiary/aromatic N) is 2. The zero-order valence-electron chi connectivity index (χ0n) is 33.2. The molecular formula is C42H50N2O12S. The van der Waals surface area contributed by atoms with Gasteiger partial charge in [0, 0.05) is 34.3 Å². The van der Waals surface area contributed by atoms with Gasteiger partial charge in [0.15, 0.2) is 24.8 Å². The first kappa shape index (κ1) is 40.4. The van der Waals surface area contributed by atoms with E-state index in [0.717, 1.165) is 38.5 Å². The number of carbonyl (C=O) groups is 6. The minimum Gasteiger partial charge on any atom is -0.456 e. The SMILES string of the molecule is CC(C)(C)OC(=O)N1[C@@H]2CCC[C@@H]2C[C@H]1C(=O)OCC(=O)c1ccc2c(c1)S(=O)(=O)c1cc(C(=O)COC(=O)[C@@H]3C[C@@H]4CCC[C@@H]4N3C(=O)OC(C)(C)C)ccc1-2. The summed E-state index contributed by atoms with van der Waals surface area (Å²) in [6, 6.07) is 6.26. The Labute approximate surface area is 332 Å². The Balaban J connectivity index is 0.993. The molecule has 57 heavy (non-hydrogen) atoms. The van der Waals surface area contributed by atoms with E-state index in [1.54, 1.807) is 41.5 Å². The molecule has 15 heteroatoms. The number of ether oxygens (including phenoxy) is 4. The Morgan fingerprint density at radius 2 is 1.00 bits per heavy atom. The van der Waals surface area contributed by atoms with Crippen LogP contribution in [-0.4, -0.2) is 102 Å². The molecule has 306 valence electrons. The number of hydrogen-bond donors (Lipinski definition) is 0. The van der Waals surface area contributed by atoms with Gasteiger partial charge in [0.05, 0.1) is 9.79 Å². The molecule has 2 saturated heterocycles. The van der Waals surface area contributed by atoms with Crippen LogP contribution in [0, 0.1) is 11.8 Å². The highest BCUT2D eigenvalue weighted by Gasteiger charge is 2.52. The molecule has 3 heterocycles. The van der Waals surface area contributed by atoms with Gasteiger partial charge in [-0.3, -0.25) is 19.4 Å². The maximum absolute atomic E-state index is 13.8. The lowest BCUT2D eigenvalue weighted by atomic mass is 10.0. The number of carbonyl (C=O) groups excluding carboxylic acids is 6. The molecule has 3 aliphatic heterocycles. The van der Waals surface area contributed by atoms with Gasteiger partial charge in [0.1, 0.15) is 23.3 Å². The largest absolute Gasteiger partial charge is 0.456 e. The second-order valence-corrected chi connectivity index (χ2v) is 19.7. The fourth-order valence-corrected chi connectivity index (χ4v) is 10.9. The molecule has 2 aliphatic carbocycles. The highest BCUT2D eigenvalue weighted by Crippen LogP contribution is 2.45. The smallest absolute Gasteiger partial charge is 0.411 e. The zero-order valence-corrected chi connectivity index (χ0v) is 34.0. The van der Waals surface area contributed by atoms with Crippen molar-refractivity contribution in [3.63, 3.8) is 0 Å². The van der Waals surface area contributed by atoms with Crippen molar-refractivity contribution in [3.05, 3.63) is 47.5 Å². The van der Waals surface area contributed by atoms with Crippen LogP contribution in [0.5, 0.6) is 0 Å². The minimum absolute atomic E-state index is 0.00455. The fraction of sp³-hybridized carbons (Fsp3) is 0.571. The van der Waals surface area contributed by atoms with Gasteiger partial charge in [-0.2, -0.15) is 0 Å². The molecule has 0 bridgehead atoms. The van der Waals surface area contributed by atoms with Crippen molar-refractivity contribution in [2.45, 2.75) is 138 Å². The van der Waals surface area contributed by atoms with E-state index in [1.807, 2.05) is 0 Å². The van der Waals surface area contributed by atoms with E-state index in [0.29, 0.717) is 24.0 Å². The van der Waals surface area contributed by atoms with Crippen molar-refractivity contribution >= 4 is 45.5 Å². The molecule has 4 fully saturated rings.